The lowest BCUT2D eigenvalue weighted by atomic mass is 10.2. The Morgan fingerprint density at radius 3 is 2.94 bits per heavy atom. The van der Waals surface area contributed by atoms with E-state index in [2.05, 4.69) is 10.3 Å². The number of halogens is 1. The van der Waals surface area contributed by atoms with E-state index in [1.165, 1.54) is 0 Å². The second-order valence-corrected chi connectivity index (χ2v) is 5.01. The first kappa shape index (κ1) is 12.9. The number of hydrogen-bond donors (Lipinski definition) is 2. The fourth-order valence-electron chi connectivity index (χ4n) is 1.49. The molecule has 0 saturated carbocycles. The number of pyridine rings is 1. The number of aromatic nitrogens is 1. The third-order valence-electron chi connectivity index (χ3n) is 2.47. The van der Waals surface area contributed by atoms with Crippen LogP contribution in [0.2, 0.25) is 5.02 Å². The summed E-state index contributed by atoms with van der Waals surface area (Å²) in [4.78, 5) is 16.0. The molecular formula is C12H12ClN3OS. The van der Waals surface area contributed by atoms with Crippen LogP contribution in [0.25, 0.3) is 0 Å². The van der Waals surface area contributed by atoms with Crippen LogP contribution in [0.5, 0.6) is 0 Å². The van der Waals surface area contributed by atoms with Crippen LogP contribution in [-0.2, 0) is 0 Å². The Morgan fingerprint density at radius 2 is 2.28 bits per heavy atom. The van der Waals surface area contributed by atoms with Gasteiger partial charge in [-0.1, -0.05) is 11.6 Å². The second-order valence-electron chi connectivity index (χ2n) is 3.82. The Hall–Kier alpha value is -1.59. The van der Waals surface area contributed by atoms with Crippen molar-refractivity contribution >= 4 is 34.7 Å². The van der Waals surface area contributed by atoms with E-state index >= 15 is 0 Å². The minimum absolute atomic E-state index is 0.0944. The summed E-state index contributed by atoms with van der Waals surface area (Å²) in [6, 6.07) is 4.99. The molecule has 4 nitrogen and oxygen atoms in total. The molecule has 0 aliphatic heterocycles. The van der Waals surface area contributed by atoms with Crippen LogP contribution in [-0.4, -0.2) is 10.9 Å². The van der Waals surface area contributed by atoms with Crippen LogP contribution >= 0.6 is 22.9 Å². The van der Waals surface area contributed by atoms with Crippen molar-refractivity contribution in [1.29, 1.82) is 0 Å². The number of nitrogen functional groups attached to an aromatic ring is 1. The first-order chi connectivity index (χ1) is 8.58. The Labute approximate surface area is 114 Å². The van der Waals surface area contributed by atoms with E-state index in [9.17, 15) is 4.79 Å². The maximum Gasteiger partial charge on any atom is 0.271 e. The van der Waals surface area contributed by atoms with Gasteiger partial charge in [-0.05, 0) is 41.4 Å². The Morgan fingerprint density at radius 1 is 1.50 bits per heavy atom. The average Bonchev–Trinajstić information content (AvgIpc) is 2.85. The van der Waals surface area contributed by atoms with Crippen LogP contribution in [0.15, 0.2) is 29.0 Å². The van der Waals surface area contributed by atoms with Gasteiger partial charge >= 0.3 is 0 Å². The molecule has 1 atom stereocenters. The highest BCUT2D eigenvalue weighted by Crippen LogP contribution is 2.19. The SMILES string of the molecule is CC(NC(=O)c1nc(N)ccc1Cl)c1ccsc1. The summed E-state index contributed by atoms with van der Waals surface area (Å²) in [6.45, 7) is 1.90. The summed E-state index contributed by atoms with van der Waals surface area (Å²) in [7, 11) is 0. The molecule has 0 fully saturated rings. The van der Waals surface area contributed by atoms with E-state index in [1.807, 2.05) is 23.8 Å². The third-order valence-corrected chi connectivity index (χ3v) is 3.48. The van der Waals surface area contributed by atoms with E-state index in [4.69, 9.17) is 17.3 Å². The molecule has 18 heavy (non-hydrogen) atoms. The maximum absolute atomic E-state index is 12.0. The molecule has 94 valence electrons. The van der Waals surface area contributed by atoms with Gasteiger partial charge < -0.3 is 11.1 Å². The molecule has 0 radical (unpaired) electrons. The highest BCUT2D eigenvalue weighted by molar-refractivity contribution is 7.07. The molecule has 3 N–H and O–H groups in total. The standard InChI is InChI=1S/C12H12ClN3OS/c1-7(8-4-5-18-6-8)15-12(17)11-9(13)2-3-10(14)16-11/h2-7H,1H3,(H2,14,16)(H,15,17). The van der Waals surface area contributed by atoms with Gasteiger partial charge in [-0.3, -0.25) is 4.79 Å². The van der Waals surface area contributed by atoms with Gasteiger partial charge in [-0.2, -0.15) is 11.3 Å². The summed E-state index contributed by atoms with van der Waals surface area (Å²) in [5.41, 5.74) is 6.74. The maximum atomic E-state index is 12.0. The highest BCUT2D eigenvalue weighted by atomic mass is 35.5. The molecule has 2 heterocycles. The van der Waals surface area contributed by atoms with Crippen LogP contribution in [0.4, 0.5) is 5.82 Å². The fourth-order valence-corrected chi connectivity index (χ4v) is 2.43. The van der Waals surface area contributed by atoms with Gasteiger partial charge in [-0.25, -0.2) is 4.98 Å². The zero-order chi connectivity index (χ0) is 13.1. The molecule has 6 heteroatoms. The Bertz CT molecular complexity index is 556. The van der Waals surface area contributed by atoms with E-state index < -0.39 is 0 Å². The van der Waals surface area contributed by atoms with Gasteiger partial charge in [0.15, 0.2) is 0 Å². The number of hydrogen-bond acceptors (Lipinski definition) is 4. The average molecular weight is 282 g/mol. The number of nitrogens with two attached hydrogens (primary N) is 1. The quantitative estimate of drug-likeness (QED) is 0.909. The molecule has 2 aromatic heterocycles. The van der Waals surface area contributed by atoms with E-state index in [0.717, 1.165) is 5.56 Å². The van der Waals surface area contributed by atoms with Crippen LogP contribution < -0.4 is 11.1 Å². The van der Waals surface area contributed by atoms with Crippen LogP contribution in [0, 0.1) is 0 Å². The number of anilines is 1. The third kappa shape index (κ3) is 2.80. The van der Waals surface area contributed by atoms with E-state index in [1.54, 1.807) is 23.5 Å². The van der Waals surface area contributed by atoms with Gasteiger partial charge in [-0.15, -0.1) is 0 Å². The number of nitrogens with one attached hydrogen (secondary N) is 1. The zero-order valence-corrected chi connectivity index (χ0v) is 11.3. The molecule has 0 spiro atoms. The summed E-state index contributed by atoms with van der Waals surface area (Å²) in [6.07, 6.45) is 0. The number of carbonyl (C=O) groups is 1. The first-order valence-electron chi connectivity index (χ1n) is 5.33. The lowest BCUT2D eigenvalue weighted by molar-refractivity contribution is 0.0935. The number of nitrogens with zero attached hydrogens (tertiary/aromatic N) is 1. The Kier molecular flexibility index (Phi) is 3.84. The summed E-state index contributed by atoms with van der Waals surface area (Å²) in [5, 5.41) is 7.07. The summed E-state index contributed by atoms with van der Waals surface area (Å²) >= 11 is 7.51. The summed E-state index contributed by atoms with van der Waals surface area (Å²) < 4.78 is 0. The molecule has 1 unspecified atom stereocenters. The van der Waals surface area contributed by atoms with Gasteiger partial charge in [0.05, 0.1) is 11.1 Å². The van der Waals surface area contributed by atoms with Gasteiger partial charge in [0.2, 0.25) is 0 Å². The largest absolute Gasteiger partial charge is 0.384 e. The lowest BCUT2D eigenvalue weighted by Crippen LogP contribution is -2.27. The number of thiophene rings is 1. The summed E-state index contributed by atoms with van der Waals surface area (Å²) in [5.74, 6) is -0.0567. The molecule has 2 aromatic rings. The second kappa shape index (κ2) is 5.37. The molecule has 2 rings (SSSR count). The Balaban J connectivity index is 2.15. The molecule has 0 aliphatic rings. The van der Waals surface area contributed by atoms with Crippen molar-refractivity contribution in [2.45, 2.75) is 13.0 Å². The highest BCUT2D eigenvalue weighted by Gasteiger charge is 2.16. The zero-order valence-electron chi connectivity index (χ0n) is 9.68. The first-order valence-corrected chi connectivity index (χ1v) is 6.65. The van der Waals surface area contributed by atoms with Gasteiger partial charge in [0.25, 0.3) is 5.91 Å². The normalized spacial score (nSPS) is 12.1. The van der Waals surface area contributed by atoms with Crippen LogP contribution in [0.3, 0.4) is 0 Å². The smallest absolute Gasteiger partial charge is 0.271 e. The fraction of sp³-hybridized carbons (Fsp3) is 0.167. The number of amides is 1. The number of rotatable bonds is 3. The van der Waals surface area contributed by atoms with Crippen molar-refractivity contribution < 1.29 is 4.79 Å². The molecule has 1 amide bonds. The molecular weight excluding hydrogens is 270 g/mol. The monoisotopic (exact) mass is 281 g/mol. The predicted molar refractivity (Wildman–Crippen MR) is 73.9 cm³/mol. The molecule has 0 aromatic carbocycles. The van der Waals surface area contributed by atoms with Crippen molar-refractivity contribution in [1.82, 2.24) is 10.3 Å². The molecule has 0 saturated heterocycles. The minimum Gasteiger partial charge on any atom is -0.384 e. The van der Waals surface area contributed by atoms with Crippen molar-refractivity contribution in [3.8, 4) is 0 Å². The lowest BCUT2D eigenvalue weighted by Gasteiger charge is -2.12. The van der Waals surface area contributed by atoms with E-state index in [-0.39, 0.29) is 23.5 Å². The molecule has 0 aliphatic carbocycles. The number of carbonyl (C=O) groups excluding carboxylic acids is 1. The predicted octanol–water partition coefficient (Wildman–Crippen LogP) is 2.87. The minimum atomic E-state index is -0.328. The topological polar surface area (TPSA) is 68.0 Å². The molecule has 0 bridgehead atoms. The van der Waals surface area contributed by atoms with E-state index in [0.29, 0.717) is 5.02 Å². The van der Waals surface area contributed by atoms with Crippen molar-refractivity contribution in [3.63, 3.8) is 0 Å². The van der Waals surface area contributed by atoms with Crippen molar-refractivity contribution in [2.24, 2.45) is 0 Å². The van der Waals surface area contributed by atoms with Crippen molar-refractivity contribution in [3.05, 3.63) is 45.2 Å². The van der Waals surface area contributed by atoms with Crippen LogP contribution in [0.1, 0.15) is 29.0 Å². The van der Waals surface area contributed by atoms with Gasteiger partial charge in [0.1, 0.15) is 11.5 Å². The van der Waals surface area contributed by atoms with Gasteiger partial charge in [0, 0.05) is 0 Å². The van der Waals surface area contributed by atoms with Crippen molar-refractivity contribution in [2.75, 3.05) is 5.73 Å².